The molecule has 210 valence electrons. The number of aromatic nitrogens is 2. The molecule has 3 aromatic carbocycles. The van der Waals surface area contributed by atoms with Crippen LogP contribution < -0.4 is 5.32 Å². The Kier molecular flexibility index (Phi) is 8.28. The summed E-state index contributed by atoms with van der Waals surface area (Å²) in [6.45, 7) is 2.61. The highest BCUT2D eigenvalue weighted by atomic mass is 16.2. The van der Waals surface area contributed by atoms with Crippen LogP contribution in [0.1, 0.15) is 33.1 Å². The normalized spacial score (nSPS) is 14.5. The molecule has 1 aliphatic heterocycles. The average molecular weight is 556 g/mol. The van der Waals surface area contributed by atoms with Crippen LogP contribution in [-0.2, 0) is 11.2 Å². The minimum Gasteiger partial charge on any atom is -0.340 e. The first-order valence-electron chi connectivity index (χ1n) is 14.3. The first-order valence-corrected chi connectivity index (χ1v) is 14.3. The van der Waals surface area contributed by atoms with E-state index in [1.165, 1.54) is 11.1 Å². The average Bonchev–Trinajstić information content (AvgIpc) is 3.06. The highest BCUT2D eigenvalue weighted by Gasteiger charge is 2.32. The maximum absolute atomic E-state index is 14.0. The minimum atomic E-state index is -0.711. The molecule has 1 unspecified atom stereocenters. The van der Waals surface area contributed by atoms with Gasteiger partial charge in [0.05, 0.1) is 11.6 Å². The first-order chi connectivity index (χ1) is 20.7. The van der Waals surface area contributed by atoms with Gasteiger partial charge in [0.1, 0.15) is 6.04 Å². The maximum Gasteiger partial charge on any atom is 0.251 e. The molecule has 1 N–H and O–H groups in total. The second kappa shape index (κ2) is 12.7. The van der Waals surface area contributed by atoms with Gasteiger partial charge in [-0.3, -0.25) is 24.5 Å². The lowest BCUT2D eigenvalue weighted by atomic mass is 9.96. The molecule has 0 radical (unpaired) electrons. The summed E-state index contributed by atoms with van der Waals surface area (Å²) in [5, 5.41) is 3.91. The van der Waals surface area contributed by atoms with E-state index in [0.29, 0.717) is 25.1 Å². The van der Waals surface area contributed by atoms with E-state index in [-0.39, 0.29) is 17.9 Å². The van der Waals surface area contributed by atoms with Crippen LogP contribution in [0.15, 0.2) is 122 Å². The fraction of sp³-hybridized carbons (Fsp3) is 0.200. The summed E-state index contributed by atoms with van der Waals surface area (Å²) in [6, 6.07) is 33.4. The third-order valence-electron chi connectivity index (χ3n) is 7.85. The Hall–Kier alpha value is -4.88. The molecule has 6 rings (SSSR count). The number of pyridine rings is 2. The molecule has 0 aliphatic carbocycles. The summed E-state index contributed by atoms with van der Waals surface area (Å²) in [5.41, 5.74) is 4.68. The number of nitrogens with one attached hydrogen (secondary N) is 1. The van der Waals surface area contributed by atoms with E-state index in [9.17, 15) is 9.59 Å². The van der Waals surface area contributed by atoms with Gasteiger partial charge in [0.25, 0.3) is 5.91 Å². The lowest BCUT2D eigenvalue weighted by Gasteiger charge is -2.40. The highest BCUT2D eigenvalue weighted by molar-refractivity contribution is 6.00. The third-order valence-corrected chi connectivity index (χ3v) is 7.85. The molecule has 2 amide bonds. The Morgan fingerprint density at radius 2 is 1.45 bits per heavy atom. The molecular formula is C35H33N5O2. The molecule has 1 atom stereocenters. The van der Waals surface area contributed by atoms with Gasteiger partial charge in [0, 0.05) is 62.1 Å². The Balaban J connectivity index is 1.19. The summed E-state index contributed by atoms with van der Waals surface area (Å²) >= 11 is 0. The number of hydrogen-bond acceptors (Lipinski definition) is 5. The largest absolute Gasteiger partial charge is 0.340 e. The van der Waals surface area contributed by atoms with Crippen LogP contribution in [0, 0.1) is 0 Å². The van der Waals surface area contributed by atoms with E-state index < -0.39 is 6.04 Å². The highest BCUT2D eigenvalue weighted by Crippen LogP contribution is 2.29. The molecule has 1 saturated heterocycles. The molecule has 0 bridgehead atoms. The van der Waals surface area contributed by atoms with Crippen molar-refractivity contribution in [2.45, 2.75) is 18.5 Å². The number of carbonyl (C=O) groups excluding carboxylic acids is 2. The number of hydrogen-bond donors (Lipinski definition) is 1. The molecule has 42 heavy (non-hydrogen) atoms. The topological polar surface area (TPSA) is 78.4 Å². The second-order valence-electron chi connectivity index (χ2n) is 10.6. The Morgan fingerprint density at radius 1 is 0.762 bits per heavy atom. The van der Waals surface area contributed by atoms with Crippen LogP contribution in [0.4, 0.5) is 0 Å². The molecule has 3 heterocycles. The summed E-state index contributed by atoms with van der Waals surface area (Å²) in [4.78, 5) is 40.2. The Morgan fingerprint density at radius 3 is 2.12 bits per heavy atom. The fourth-order valence-corrected chi connectivity index (χ4v) is 5.72. The Bertz CT molecular complexity index is 1600. The van der Waals surface area contributed by atoms with Gasteiger partial charge in [-0.1, -0.05) is 72.8 Å². The monoisotopic (exact) mass is 555 g/mol. The second-order valence-corrected chi connectivity index (χ2v) is 10.6. The number of rotatable bonds is 8. The zero-order valence-corrected chi connectivity index (χ0v) is 23.3. The number of fused-ring (bicyclic) bond motifs is 1. The zero-order valence-electron chi connectivity index (χ0n) is 23.3. The smallest absolute Gasteiger partial charge is 0.251 e. The molecule has 1 fully saturated rings. The molecule has 5 aromatic rings. The van der Waals surface area contributed by atoms with Crippen molar-refractivity contribution >= 4 is 22.7 Å². The lowest BCUT2D eigenvalue weighted by Crippen LogP contribution is -2.56. The number of carbonyl (C=O) groups is 2. The number of amides is 2. The van der Waals surface area contributed by atoms with Crippen molar-refractivity contribution in [1.29, 1.82) is 0 Å². The van der Waals surface area contributed by atoms with E-state index in [1.807, 2.05) is 53.4 Å². The molecule has 2 aromatic heterocycles. The number of nitrogens with zero attached hydrogens (tertiary/aromatic N) is 4. The van der Waals surface area contributed by atoms with Gasteiger partial charge in [-0.05, 0) is 47.0 Å². The first kappa shape index (κ1) is 27.3. The lowest BCUT2D eigenvalue weighted by molar-refractivity contribution is -0.135. The van der Waals surface area contributed by atoms with Gasteiger partial charge in [-0.2, -0.15) is 0 Å². The molecule has 7 heteroatoms. The van der Waals surface area contributed by atoms with Gasteiger partial charge < -0.3 is 10.2 Å². The summed E-state index contributed by atoms with van der Waals surface area (Å²) < 4.78 is 0. The van der Waals surface area contributed by atoms with Crippen molar-refractivity contribution in [3.8, 4) is 0 Å². The van der Waals surface area contributed by atoms with Crippen LogP contribution in [0.25, 0.3) is 10.9 Å². The van der Waals surface area contributed by atoms with Gasteiger partial charge in [-0.25, -0.2) is 0 Å². The van der Waals surface area contributed by atoms with Crippen LogP contribution in [0.3, 0.4) is 0 Å². The van der Waals surface area contributed by atoms with Crippen molar-refractivity contribution in [3.05, 3.63) is 144 Å². The predicted molar refractivity (Wildman–Crippen MR) is 164 cm³/mol. The molecule has 1 aliphatic rings. The van der Waals surface area contributed by atoms with E-state index in [0.717, 1.165) is 29.6 Å². The molecular weight excluding hydrogens is 522 g/mol. The fourth-order valence-electron chi connectivity index (χ4n) is 5.72. The molecule has 0 spiro atoms. The summed E-state index contributed by atoms with van der Waals surface area (Å²) in [6.07, 6.45) is 5.55. The van der Waals surface area contributed by atoms with Crippen LogP contribution in [-0.4, -0.2) is 63.8 Å². The number of benzene rings is 3. The van der Waals surface area contributed by atoms with Crippen molar-refractivity contribution < 1.29 is 9.59 Å². The van der Waals surface area contributed by atoms with E-state index in [4.69, 9.17) is 0 Å². The van der Waals surface area contributed by atoms with Crippen LogP contribution >= 0.6 is 0 Å². The van der Waals surface area contributed by atoms with Crippen molar-refractivity contribution in [2.24, 2.45) is 0 Å². The minimum absolute atomic E-state index is 0.0784. The number of piperazine rings is 1. The summed E-state index contributed by atoms with van der Waals surface area (Å²) in [5.74, 6) is -0.361. The van der Waals surface area contributed by atoms with Gasteiger partial charge in [0.15, 0.2) is 0 Å². The summed E-state index contributed by atoms with van der Waals surface area (Å²) in [7, 11) is 0. The SMILES string of the molecule is O=C(NC(Cc1cccnc1)C(=O)N1CCN(C(c2ccccc2)c2ccccc2)CC1)c1ccc2ncccc2c1. The maximum atomic E-state index is 14.0. The van der Waals surface area contributed by atoms with Crippen LogP contribution in [0.5, 0.6) is 0 Å². The standard InChI is InChI=1S/C35H33N5O2/c41-34(30-15-16-31-29(24-30)14-8-18-37-31)38-32(23-26-9-7-17-36-25-26)35(42)40-21-19-39(20-22-40)33(27-10-3-1-4-11-27)28-12-5-2-6-13-28/h1-18,24-25,32-33H,19-23H2,(H,38,41). The quantitative estimate of drug-likeness (QED) is 0.295. The van der Waals surface area contributed by atoms with Crippen LogP contribution in [0.2, 0.25) is 0 Å². The zero-order chi connectivity index (χ0) is 28.7. The van der Waals surface area contributed by atoms with Crippen molar-refractivity contribution in [2.75, 3.05) is 26.2 Å². The van der Waals surface area contributed by atoms with Gasteiger partial charge >= 0.3 is 0 Å². The van der Waals surface area contributed by atoms with Crippen molar-refractivity contribution in [3.63, 3.8) is 0 Å². The molecule has 0 saturated carbocycles. The Labute approximate surface area is 245 Å². The van der Waals surface area contributed by atoms with E-state index >= 15 is 0 Å². The predicted octanol–water partition coefficient (Wildman–Crippen LogP) is 4.90. The van der Waals surface area contributed by atoms with E-state index in [1.54, 1.807) is 24.7 Å². The molecule has 7 nitrogen and oxygen atoms in total. The third kappa shape index (κ3) is 6.21. The van der Waals surface area contributed by atoms with Gasteiger partial charge in [-0.15, -0.1) is 0 Å². The van der Waals surface area contributed by atoms with E-state index in [2.05, 4.69) is 68.7 Å². The van der Waals surface area contributed by atoms with Gasteiger partial charge in [0.2, 0.25) is 5.91 Å². The van der Waals surface area contributed by atoms with Crippen molar-refractivity contribution in [1.82, 2.24) is 25.1 Å².